The highest BCUT2D eigenvalue weighted by Gasteiger charge is 2.17. The molecule has 0 unspecified atom stereocenters. The van der Waals surface area contributed by atoms with Crippen LogP contribution in [0.2, 0.25) is 0 Å². The van der Waals surface area contributed by atoms with Gasteiger partial charge in [0.15, 0.2) is 0 Å². The molecule has 0 saturated heterocycles. The fourth-order valence-electron chi connectivity index (χ4n) is 2.12. The molecule has 0 fully saturated rings. The van der Waals surface area contributed by atoms with E-state index < -0.39 is 0 Å². The zero-order valence-electron chi connectivity index (χ0n) is 12.4. The molecule has 2 rings (SSSR count). The van der Waals surface area contributed by atoms with E-state index in [1.807, 2.05) is 30.9 Å². The second-order valence-electron chi connectivity index (χ2n) is 4.63. The SMILES string of the molecule is CCNc1cnccc1C(=O)N(CC)Cc1ccncc1. The molecule has 5 nitrogen and oxygen atoms in total. The Hall–Kier alpha value is -2.43. The van der Waals surface area contributed by atoms with Crippen molar-refractivity contribution in [2.24, 2.45) is 0 Å². The van der Waals surface area contributed by atoms with Gasteiger partial charge in [0, 0.05) is 38.2 Å². The maximum Gasteiger partial charge on any atom is 0.256 e. The van der Waals surface area contributed by atoms with Crippen LogP contribution in [0.25, 0.3) is 0 Å². The standard InChI is InChI=1S/C16H20N4O/c1-3-19-15-11-18-10-7-14(15)16(21)20(4-2)12-13-5-8-17-9-6-13/h5-11,19H,3-4,12H2,1-2H3. The summed E-state index contributed by atoms with van der Waals surface area (Å²) in [6.45, 7) is 5.95. The van der Waals surface area contributed by atoms with Crippen LogP contribution in [0.15, 0.2) is 43.0 Å². The molecular formula is C16H20N4O. The molecule has 0 aromatic carbocycles. The van der Waals surface area contributed by atoms with Gasteiger partial charge < -0.3 is 10.2 Å². The summed E-state index contributed by atoms with van der Waals surface area (Å²) >= 11 is 0. The van der Waals surface area contributed by atoms with Gasteiger partial charge in [0.05, 0.1) is 17.4 Å². The predicted octanol–water partition coefficient (Wildman–Crippen LogP) is 2.57. The lowest BCUT2D eigenvalue weighted by molar-refractivity contribution is 0.0753. The van der Waals surface area contributed by atoms with E-state index in [0.717, 1.165) is 17.8 Å². The van der Waals surface area contributed by atoms with Gasteiger partial charge in [-0.15, -0.1) is 0 Å². The molecule has 1 amide bonds. The third kappa shape index (κ3) is 3.78. The van der Waals surface area contributed by atoms with E-state index in [4.69, 9.17) is 0 Å². The average molecular weight is 284 g/mol. The van der Waals surface area contributed by atoms with Crippen molar-refractivity contribution in [1.29, 1.82) is 0 Å². The first kappa shape index (κ1) is 15.0. The summed E-state index contributed by atoms with van der Waals surface area (Å²) in [5, 5.41) is 3.18. The van der Waals surface area contributed by atoms with Gasteiger partial charge in [-0.1, -0.05) is 0 Å². The Morgan fingerprint density at radius 3 is 2.52 bits per heavy atom. The van der Waals surface area contributed by atoms with Crippen molar-refractivity contribution < 1.29 is 4.79 Å². The number of nitrogens with zero attached hydrogens (tertiary/aromatic N) is 3. The lowest BCUT2D eigenvalue weighted by Gasteiger charge is -2.22. The first-order valence-corrected chi connectivity index (χ1v) is 7.12. The Labute approximate surface area is 125 Å². The van der Waals surface area contributed by atoms with E-state index in [1.165, 1.54) is 0 Å². The van der Waals surface area contributed by atoms with Crippen LogP contribution in [0.4, 0.5) is 5.69 Å². The monoisotopic (exact) mass is 284 g/mol. The molecule has 110 valence electrons. The maximum atomic E-state index is 12.7. The van der Waals surface area contributed by atoms with Crippen LogP contribution in [0.5, 0.6) is 0 Å². The smallest absolute Gasteiger partial charge is 0.256 e. The topological polar surface area (TPSA) is 58.1 Å². The van der Waals surface area contributed by atoms with Gasteiger partial charge >= 0.3 is 0 Å². The molecule has 0 bridgehead atoms. The first-order valence-electron chi connectivity index (χ1n) is 7.12. The molecule has 0 aliphatic rings. The predicted molar refractivity (Wildman–Crippen MR) is 83.1 cm³/mol. The van der Waals surface area contributed by atoms with E-state index in [9.17, 15) is 4.79 Å². The molecule has 0 saturated carbocycles. The fourth-order valence-corrected chi connectivity index (χ4v) is 2.12. The van der Waals surface area contributed by atoms with Gasteiger partial charge in [-0.3, -0.25) is 14.8 Å². The summed E-state index contributed by atoms with van der Waals surface area (Å²) in [5.41, 5.74) is 2.50. The van der Waals surface area contributed by atoms with Crippen molar-refractivity contribution in [3.05, 3.63) is 54.1 Å². The Balaban J connectivity index is 2.20. The van der Waals surface area contributed by atoms with Crippen molar-refractivity contribution in [2.75, 3.05) is 18.4 Å². The largest absolute Gasteiger partial charge is 0.383 e. The van der Waals surface area contributed by atoms with Crippen LogP contribution in [0.3, 0.4) is 0 Å². The molecule has 0 atom stereocenters. The minimum absolute atomic E-state index is 0.00709. The van der Waals surface area contributed by atoms with Crippen molar-refractivity contribution >= 4 is 11.6 Å². The van der Waals surface area contributed by atoms with Crippen molar-refractivity contribution in [3.63, 3.8) is 0 Å². The van der Waals surface area contributed by atoms with Gasteiger partial charge in [0.2, 0.25) is 0 Å². The normalized spacial score (nSPS) is 10.2. The second kappa shape index (κ2) is 7.38. The number of aromatic nitrogens is 2. The minimum atomic E-state index is 0.00709. The van der Waals surface area contributed by atoms with E-state index >= 15 is 0 Å². The molecule has 21 heavy (non-hydrogen) atoms. The van der Waals surface area contributed by atoms with Gasteiger partial charge in [-0.05, 0) is 37.6 Å². The molecule has 0 aliphatic carbocycles. The average Bonchev–Trinajstić information content (AvgIpc) is 2.54. The van der Waals surface area contributed by atoms with Crippen LogP contribution in [-0.2, 0) is 6.54 Å². The molecular weight excluding hydrogens is 264 g/mol. The molecule has 5 heteroatoms. The van der Waals surface area contributed by atoms with E-state index in [1.54, 1.807) is 30.9 Å². The molecule has 2 aromatic rings. The molecule has 1 N–H and O–H groups in total. The molecule has 0 radical (unpaired) electrons. The Morgan fingerprint density at radius 2 is 1.86 bits per heavy atom. The lowest BCUT2D eigenvalue weighted by Crippen LogP contribution is -2.31. The summed E-state index contributed by atoms with van der Waals surface area (Å²) in [6.07, 6.45) is 6.82. The highest BCUT2D eigenvalue weighted by atomic mass is 16.2. The zero-order valence-corrected chi connectivity index (χ0v) is 12.4. The lowest BCUT2D eigenvalue weighted by atomic mass is 10.1. The summed E-state index contributed by atoms with van der Waals surface area (Å²) in [6, 6.07) is 5.61. The number of rotatable bonds is 6. The van der Waals surface area contributed by atoms with Gasteiger partial charge in [0.25, 0.3) is 5.91 Å². The number of carbonyl (C=O) groups excluding carboxylic acids is 1. The summed E-state index contributed by atoms with van der Waals surface area (Å²) in [5.74, 6) is 0.00709. The van der Waals surface area contributed by atoms with Crippen LogP contribution in [0, 0.1) is 0 Å². The van der Waals surface area contributed by atoms with Crippen LogP contribution >= 0.6 is 0 Å². The van der Waals surface area contributed by atoms with Crippen molar-refractivity contribution in [1.82, 2.24) is 14.9 Å². The van der Waals surface area contributed by atoms with Gasteiger partial charge in [-0.25, -0.2) is 0 Å². The van der Waals surface area contributed by atoms with E-state index in [0.29, 0.717) is 18.7 Å². The third-order valence-electron chi connectivity index (χ3n) is 3.21. The molecule has 0 aliphatic heterocycles. The number of amides is 1. The third-order valence-corrected chi connectivity index (χ3v) is 3.21. The Morgan fingerprint density at radius 1 is 1.14 bits per heavy atom. The molecule has 0 spiro atoms. The summed E-state index contributed by atoms with van der Waals surface area (Å²) in [7, 11) is 0. The van der Waals surface area contributed by atoms with Crippen molar-refractivity contribution in [2.45, 2.75) is 20.4 Å². The molecule has 2 aromatic heterocycles. The number of hydrogen-bond acceptors (Lipinski definition) is 4. The fraction of sp³-hybridized carbons (Fsp3) is 0.312. The zero-order chi connectivity index (χ0) is 15.1. The number of hydrogen-bond donors (Lipinski definition) is 1. The Kier molecular flexibility index (Phi) is 5.26. The highest BCUT2D eigenvalue weighted by molar-refractivity contribution is 5.99. The van der Waals surface area contributed by atoms with E-state index in [-0.39, 0.29) is 5.91 Å². The van der Waals surface area contributed by atoms with Crippen LogP contribution in [-0.4, -0.2) is 33.9 Å². The maximum absolute atomic E-state index is 12.7. The highest BCUT2D eigenvalue weighted by Crippen LogP contribution is 2.17. The summed E-state index contributed by atoms with van der Waals surface area (Å²) < 4.78 is 0. The Bertz CT molecular complexity index is 586. The van der Waals surface area contributed by atoms with E-state index in [2.05, 4.69) is 15.3 Å². The number of carbonyl (C=O) groups is 1. The van der Waals surface area contributed by atoms with Gasteiger partial charge in [-0.2, -0.15) is 0 Å². The second-order valence-corrected chi connectivity index (χ2v) is 4.63. The number of anilines is 1. The number of pyridine rings is 2. The van der Waals surface area contributed by atoms with Crippen molar-refractivity contribution in [3.8, 4) is 0 Å². The van der Waals surface area contributed by atoms with Crippen LogP contribution in [0.1, 0.15) is 29.8 Å². The van der Waals surface area contributed by atoms with Gasteiger partial charge in [0.1, 0.15) is 0 Å². The number of nitrogens with one attached hydrogen (secondary N) is 1. The molecule has 2 heterocycles. The van der Waals surface area contributed by atoms with Crippen LogP contribution < -0.4 is 5.32 Å². The minimum Gasteiger partial charge on any atom is -0.383 e. The first-order chi connectivity index (χ1) is 10.3. The quantitative estimate of drug-likeness (QED) is 0.885. The summed E-state index contributed by atoms with van der Waals surface area (Å²) in [4.78, 5) is 22.6.